The Balaban J connectivity index is 2.64. The lowest BCUT2D eigenvalue weighted by atomic mass is 9.85. The van der Waals surface area contributed by atoms with Gasteiger partial charge in [-0.1, -0.05) is 26.8 Å². The third-order valence-electron chi connectivity index (χ3n) is 2.98. The zero-order chi connectivity index (χ0) is 11.9. The standard InChI is InChI=1S/C13H19N3/c1-9-11(12(14)13(2,3)4)16-8-6-5-7-10(16)15-9/h5-8,12H,14H2,1-4H3. The summed E-state index contributed by atoms with van der Waals surface area (Å²) in [6, 6.07) is 6.00. The molecule has 0 spiro atoms. The molecule has 0 saturated heterocycles. The summed E-state index contributed by atoms with van der Waals surface area (Å²) in [7, 11) is 0. The zero-order valence-corrected chi connectivity index (χ0v) is 10.4. The van der Waals surface area contributed by atoms with E-state index >= 15 is 0 Å². The lowest BCUT2D eigenvalue weighted by molar-refractivity contribution is 0.319. The third kappa shape index (κ3) is 1.71. The van der Waals surface area contributed by atoms with Crippen molar-refractivity contribution in [1.82, 2.24) is 9.38 Å². The molecule has 16 heavy (non-hydrogen) atoms. The smallest absolute Gasteiger partial charge is 0.137 e. The second-order valence-electron chi connectivity index (χ2n) is 5.35. The van der Waals surface area contributed by atoms with E-state index in [0.717, 1.165) is 17.0 Å². The van der Waals surface area contributed by atoms with Crippen molar-refractivity contribution >= 4 is 5.65 Å². The Bertz CT molecular complexity index is 505. The molecule has 1 unspecified atom stereocenters. The molecule has 0 aromatic carbocycles. The van der Waals surface area contributed by atoms with Crippen LogP contribution in [0.25, 0.3) is 5.65 Å². The summed E-state index contributed by atoms with van der Waals surface area (Å²) < 4.78 is 2.09. The Morgan fingerprint density at radius 2 is 2.00 bits per heavy atom. The minimum Gasteiger partial charge on any atom is -0.322 e. The predicted octanol–water partition coefficient (Wildman–Crippen LogP) is 2.69. The van der Waals surface area contributed by atoms with Crippen molar-refractivity contribution in [3.05, 3.63) is 35.8 Å². The number of hydrogen-bond donors (Lipinski definition) is 1. The van der Waals surface area contributed by atoms with Gasteiger partial charge >= 0.3 is 0 Å². The second-order valence-corrected chi connectivity index (χ2v) is 5.35. The molecule has 0 radical (unpaired) electrons. The quantitative estimate of drug-likeness (QED) is 0.798. The van der Waals surface area contributed by atoms with E-state index in [-0.39, 0.29) is 11.5 Å². The summed E-state index contributed by atoms with van der Waals surface area (Å²) in [5.41, 5.74) is 9.46. The molecular formula is C13H19N3. The van der Waals surface area contributed by atoms with Crippen LogP contribution in [0.1, 0.15) is 38.2 Å². The van der Waals surface area contributed by atoms with Crippen molar-refractivity contribution in [3.63, 3.8) is 0 Å². The minimum atomic E-state index is -0.00935. The summed E-state index contributed by atoms with van der Waals surface area (Å²) >= 11 is 0. The van der Waals surface area contributed by atoms with Crippen molar-refractivity contribution in [1.29, 1.82) is 0 Å². The normalized spacial score (nSPS) is 14.3. The molecule has 2 aromatic rings. The van der Waals surface area contributed by atoms with E-state index in [9.17, 15) is 0 Å². The van der Waals surface area contributed by atoms with E-state index < -0.39 is 0 Å². The molecule has 86 valence electrons. The van der Waals surface area contributed by atoms with Gasteiger partial charge in [-0.25, -0.2) is 4.98 Å². The number of nitrogens with zero attached hydrogens (tertiary/aromatic N) is 2. The maximum absolute atomic E-state index is 6.32. The predicted molar refractivity (Wildman–Crippen MR) is 66.3 cm³/mol. The molecule has 2 heterocycles. The number of hydrogen-bond acceptors (Lipinski definition) is 2. The molecule has 0 amide bonds. The Hall–Kier alpha value is -1.35. The first-order chi connectivity index (χ1) is 7.41. The number of nitrogens with two attached hydrogens (primary N) is 1. The van der Waals surface area contributed by atoms with Crippen molar-refractivity contribution in [2.75, 3.05) is 0 Å². The second kappa shape index (κ2) is 3.59. The van der Waals surface area contributed by atoms with Crippen LogP contribution in [0.4, 0.5) is 0 Å². The lowest BCUT2D eigenvalue weighted by Crippen LogP contribution is -2.28. The summed E-state index contributed by atoms with van der Waals surface area (Å²) in [5, 5.41) is 0. The van der Waals surface area contributed by atoms with Gasteiger partial charge in [-0.2, -0.15) is 0 Å². The Kier molecular flexibility index (Phi) is 2.50. The van der Waals surface area contributed by atoms with Gasteiger partial charge in [0.1, 0.15) is 5.65 Å². The molecule has 0 aliphatic carbocycles. The van der Waals surface area contributed by atoms with Crippen molar-refractivity contribution < 1.29 is 0 Å². The fraction of sp³-hybridized carbons (Fsp3) is 0.462. The molecule has 3 nitrogen and oxygen atoms in total. The van der Waals surface area contributed by atoms with Gasteiger partial charge in [0.25, 0.3) is 0 Å². The number of rotatable bonds is 1. The maximum atomic E-state index is 6.32. The molecule has 2 aromatic heterocycles. The molecular weight excluding hydrogens is 198 g/mol. The lowest BCUT2D eigenvalue weighted by Gasteiger charge is -2.27. The molecule has 0 bridgehead atoms. The topological polar surface area (TPSA) is 43.3 Å². The van der Waals surface area contributed by atoms with Gasteiger partial charge in [-0.05, 0) is 24.5 Å². The first kappa shape index (κ1) is 11.1. The third-order valence-corrected chi connectivity index (χ3v) is 2.98. The van der Waals surface area contributed by atoms with Crippen LogP contribution >= 0.6 is 0 Å². The maximum Gasteiger partial charge on any atom is 0.137 e. The van der Waals surface area contributed by atoms with Crippen LogP contribution in [-0.2, 0) is 0 Å². The van der Waals surface area contributed by atoms with Crippen LogP contribution in [0, 0.1) is 12.3 Å². The number of pyridine rings is 1. The van der Waals surface area contributed by atoms with Crippen LogP contribution in [0.15, 0.2) is 24.4 Å². The van der Waals surface area contributed by atoms with E-state index in [1.165, 1.54) is 0 Å². The molecule has 0 fully saturated rings. The average molecular weight is 217 g/mol. The fourth-order valence-electron chi connectivity index (χ4n) is 1.92. The summed E-state index contributed by atoms with van der Waals surface area (Å²) in [4.78, 5) is 4.53. The molecule has 0 aliphatic heterocycles. The van der Waals surface area contributed by atoms with Gasteiger partial charge in [0, 0.05) is 6.20 Å². The van der Waals surface area contributed by atoms with Gasteiger partial charge in [0.2, 0.25) is 0 Å². The van der Waals surface area contributed by atoms with Gasteiger partial charge in [-0.15, -0.1) is 0 Å². The number of aryl methyl sites for hydroxylation is 1. The molecule has 3 heteroatoms. The molecule has 2 rings (SSSR count). The van der Waals surface area contributed by atoms with Crippen molar-refractivity contribution in [2.24, 2.45) is 11.1 Å². The Labute approximate surface area is 96.3 Å². The Morgan fingerprint density at radius 3 is 2.62 bits per heavy atom. The van der Waals surface area contributed by atoms with E-state index in [4.69, 9.17) is 5.73 Å². The largest absolute Gasteiger partial charge is 0.322 e. The van der Waals surface area contributed by atoms with Crippen LogP contribution in [-0.4, -0.2) is 9.38 Å². The molecule has 2 N–H and O–H groups in total. The van der Waals surface area contributed by atoms with Crippen molar-refractivity contribution in [3.8, 4) is 0 Å². The number of imidazole rings is 1. The highest BCUT2D eigenvalue weighted by molar-refractivity contribution is 5.43. The fourth-order valence-corrected chi connectivity index (χ4v) is 1.92. The van der Waals surface area contributed by atoms with E-state index in [0.29, 0.717) is 0 Å². The summed E-state index contributed by atoms with van der Waals surface area (Å²) in [5.74, 6) is 0. The van der Waals surface area contributed by atoms with Gasteiger partial charge in [0.05, 0.1) is 17.4 Å². The molecule has 0 aliphatic rings. The molecule has 0 saturated carbocycles. The summed E-state index contributed by atoms with van der Waals surface area (Å²) in [6.07, 6.45) is 2.02. The van der Waals surface area contributed by atoms with Gasteiger partial charge in [-0.3, -0.25) is 0 Å². The van der Waals surface area contributed by atoms with Crippen LogP contribution in [0.5, 0.6) is 0 Å². The highest BCUT2D eigenvalue weighted by Crippen LogP contribution is 2.32. The van der Waals surface area contributed by atoms with Crippen LogP contribution in [0.2, 0.25) is 0 Å². The van der Waals surface area contributed by atoms with Crippen molar-refractivity contribution in [2.45, 2.75) is 33.7 Å². The molecule has 1 atom stereocenters. The highest BCUT2D eigenvalue weighted by Gasteiger charge is 2.26. The number of fused-ring (bicyclic) bond motifs is 1. The highest BCUT2D eigenvalue weighted by atomic mass is 15.0. The van der Waals surface area contributed by atoms with Gasteiger partial charge < -0.3 is 10.1 Å². The monoisotopic (exact) mass is 217 g/mol. The first-order valence-corrected chi connectivity index (χ1v) is 5.60. The van der Waals surface area contributed by atoms with E-state index in [2.05, 4.69) is 30.2 Å². The van der Waals surface area contributed by atoms with Crippen LogP contribution in [0.3, 0.4) is 0 Å². The number of aromatic nitrogens is 2. The van der Waals surface area contributed by atoms with Gasteiger partial charge in [0.15, 0.2) is 0 Å². The van der Waals surface area contributed by atoms with Crippen LogP contribution < -0.4 is 5.73 Å². The van der Waals surface area contributed by atoms with E-state index in [1.54, 1.807) is 0 Å². The SMILES string of the molecule is Cc1nc2ccccn2c1C(N)C(C)(C)C. The first-order valence-electron chi connectivity index (χ1n) is 5.60. The van der Waals surface area contributed by atoms with E-state index in [1.807, 2.05) is 31.3 Å². The zero-order valence-electron chi connectivity index (χ0n) is 10.4. The summed E-state index contributed by atoms with van der Waals surface area (Å²) in [6.45, 7) is 8.48. The minimum absolute atomic E-state index is 0.00935. The Morgan fingerprint density at radius 1 is 1.31 bits per heavy atom. The average Bonchev–Trinajstić information content (AvgIpc) is 2.51.